The lowest BCUT2D eigenvalue weighted by Gasteiger charge is -2.27. The van der Waals surface area contributed by atoms with Gasteiger partial charge in [0, 0.05) is 13.7 Å². The maximum atomic E-state index is 10.5. The van der Waals surface area contributed by atoms with E-state index in [1.54, 1.807) is 7.11 Å². The largest absolute Gasteiger partial charge is 0.388 e. The van der Waals surface area contributed by atoms with Gasteiger partial charge in [0.05, 0.1) is 6.10 Å². The molecular formula is C16H26O2. The van der Waals surface area contributed by atoms with Crippen molar-refractivity contribution in [2.24, 2.45) is 5.92 Å². The Morgan fingerprint density at radius 1 is 1.22 bits per heavy atom. The fourth-order valence-corrected chi connectivity index (χ4v) is 2.21. The summed E-state index contributed by atoms with van der Waals surface area (Å²) < 4.78 is 5.08. The summed E-state index contributed by atoms with van der Waals surface area (Å²) in [7, 11) is 1.70. The van der Waals surface area contributed by atoms with Crippen LogP contribution >= 0.6 is 0 Å². The number of benzene rings is 1. The summed E-state index contributed by atoms with van der Waals surface area (Å²) in [5.74, 6) is 0.202. The van der Waals surface area contributed by atoms with Crippen LogP contribution in [-0.2, 0) is 10.2 Å². The summed E-state index contributed by atoms with van der Waals surface area (Å²) >= 11 is 0. The predicted octanol–water partition coefficient (Wildman–Crippen LogP) is 3.69. The first-order valence-corrected chi connectivity index (χ1v) is 6.64. The molecule has 0 aliphatic carbocycles. The van der Waals surface area contributed by atoms with Crippen molar-refractivity contribution in [1.29, 1.82) is 0 Å². The van der Waals surface area contributed by atoms with Crippen LogP contribution in [0.3, 0.4) is 0 Å². The number of aliphatic hydroxyl groups excluding tert-OH is 1. The number of ether oxygens (including phenoxy) is 1. The van der Waals surface area contributed by atoms with Crippen molar-refractivity contribution in [3.05, 3.63) is 35.4 Å². The molecule has 0 saturated carbocycles. The van der Waals surface area contributed by atoms with Crippen LogP contribution in [0.2, 0.25) is 0 Å². The summed E-state index contributed by atoms with van der Waals surface area (Å²) in [6.07, 6.45) is 0.450. The summed E-state index contributed by atoms with van der Waals surface area (Å²) in [5, 5.41) is 10.5. The highest BCUT2D eigenvalue weighted by Crippen LogP contribution is 2.33. The highest BCUT2D eigenvalue weighted by atomic mass is 16.5. The van der Waals surface area contributed by atoms with Crippen molar-refractivity contribution in [1.82, 2.24) is 0 Å². The van der Waals surface area contributed by atoms with Crippen LogP contribution in [-0.4, -0.2) is 18.8 Å². The van der Waals surface area contributed by atoms with Gasteiger partial charge in [-0.15, -0.1) is 0 Å². The van der Waals surface area contributed by atoms with Gasteiger partial charge in [0.2, 0.25) is 0 Å². The molecular weight excluding hydrogens is 224 g/mol. The number of hydrogen-bond donors (Lipinski definition) is 1. The maximum Gasteiger partial charge on any atom is 0.0819 e. The van der Waals surface area contributed by atoms with Gasteiger partial charge in [0.1, 0.15) is 0 Å². The van der Waals surface area contributed by atoms with Gasteiger partial charge in [-0.2, -0.15) is 0 Å². The quantitative estimate of drug-likeness (QED) is 0.863. The van der Waals surface area contributed by atoms with E-state index in [2.05, 4.69) is 33.8 Å². The second-order valence-electron chi connectivity index (χ2n) is 6.04. The standard InChI is InChI=1S/C16H26O2/c1-12(10-11-18-5)15(17)13-8-6-7-9-14(13)16(2,3)4/h6-9,12,15,17H,10-11H2,1-5H3. The first-order chi connectivity index (χ1) is 8.38. The summed E-state index contributed by atoms with van der Waals surface area (Å²) in [5.41, 5.74) is 2.33. The van der Waals surface area contributed by atoms with Crippen molar-refractivity contribution in [3.63, 3.8) is 0 Å². The molecule has 0 bridgehead atoms. The van der Waals surface area contributed by atoms with Crippen LogP contribution in [0.1, 0.15) is 51.3 Å². The van der Waals surface area contributed by atoms with Gasteiger partial charge in [-0.05, 0) is 28.9 Å². The van der Waals surface area contributed by atoms with E-state index in [1.165, 1.54) is 5.56 Å². The van der Waals surface area contributed by atoms with E-state index < -0.39 is 6.10 Å². The molecule has 1 aromatic carbocycles. The van der Waals surface area contributed by atoms with E-state index in [4.69, 9.17) is 4.74 Å². The second-order valence-corrected chi connectivity index (χ2v) is 6.04. The van der Waals surface area contributed by atoms with Crippen LogP contribution in [0.25, 0.3) is 0 Å². The molecule has 0 radical (unpaired) electrons. The van der Waals surface area contributed by atoms with Crippen LogP contribution in [0, 0.1) is 5.92 Å². The fraction of sp³-hybridized carbons (Fsp3) is 0.625. The van der Waals surface area contributed by atoms with Gasteiger partial charge in [0.15, 0.2) is 0 Å². The Hall–Kier alpha value is -0.860. The molecule has 2 atom stereocenters. The normalized spacial score (nSPS) is 15.4. The highest BCUT2D eigenvalue weighted by molar-refractivity contribution is 5.34. The summed E-state index contributed by atoms with van der Waals surface area (Å²) in [4.78, 5) is 0. The van der Waals surface area contributed by atoms with Gasteiger partial charge in [0.25, 0.3) is 0 Å². The van der Waals surface area contributed by atoms with Crippen molar-refractivity contribution < 1.29 is 9.84 Å². The number of methoxy groups -OCH3 is 1. The Morgan fingerprint density at radius 2 is 1.83 bits per heavy atom. The molecule has 1 rings (SSSR count). The summed E-state index contributed by atoms with van der Waals surface area (Å²) in [6, 6.07) is 8.18. The lowest BCUT2D eigenvalue weighted by Crippen LogP contribution is -2.19. The van der Waals surface area contributed by atoms with Crippen LogP contribution in [0.15, 0.2) is 24.3 Å². The molecule has 102 valence electrons. The third-order valence-corrected chi connectivity index (χ3v) is 3.40. The minimum Gasteiger partial charge on any atom is -0.388 e. The van der Waals surface area contributed by atoms with Gasteiger partial charge >= 0.3 is 0 Å². The molecule has 1 aromatic rings. The molecule has 0 heterocycles. The molecule has 1 N–H and O–H groups in total. The van der Waals surface area contributed by atoms with Gasteiger partial charge in [-0.1, -0.05) is 52.0 Å². The van der Waals surface area contributed by atoms with E-state index in [1.807, 2.05) is 18.2 Å². The Balaban J connectivity index is 2.95. The number of hydrogen-bond acceptors (Lipinski definition) is 2. The summed E-state index contributed by atoms with van der Waals surface area (Å²) in [6.45, 7) is 9.30. The van der Waals surface area contributed by atoms with E-state index in [0.29, 0.717) is 6.61 Å². The first kappa shape index (κ1) is 15.2. The lowest BCUT2D eigenvalue weighted by atomic mass is 9.80. The first-order valence-electron chi connectivity index (χ1n) is 6.64. The second kappa shape index (κ2) is 6.35. The van der Waals surface area contributed by atoms with Crippen LogP contribution < -0.4 is 0 Å². The Labute approximate surface area is 111 Å². The maximum absolute atomic E-state index is 10.5. The van der Waals surface area contributed by atoms with E-state index in [9.17, 15) is 5.11 Å². The Morgan fingerprint density at radius 3 is 2.39 bits per heavy atom. The van der Waals surface area contributed by atoms with E-state index >= 15 is 0 Å². The minimum atomic E-state index is -0.421. The molecule has 0 saturated heterocycles. The predicted molar refractivity (Wildman–Crippen MR) is 75.8 cm³/mol. The molecule has 0 aliphatic rings. The molecule has 2 unspecified atom stereocenters. The van der Waals surface area contributed by atoms with Crippen molar-refractivity contribution in [2.45, 2.75) is 45.6 Å². The average molecular weight is 250 g/mol. The number of rotatable bonds is 5. The molecule has 0 spiro atoms. The molecule has 0 amide bonds. The zero-order chi connectivity index (χ0) is 13.8. The number of aliphatic hydroxyl groups is 1. The average Bonchev–Trinajstić information content (AvgIpc) is 2.34. The highest BCUT2D eigenvalue weighted by Gasteiger charge is 2.24. The Bertz CT molecular complexity index is 366. The molecule has 2 heteroatoms. The minimum absolute atomic E-state index is 0.0541. The monoisotopic (exact) mass is 250 g/mol. The van der Waals surface area contributed by atoms with Crippen LogP contribution in [0.4, 0.5) is 0 Å². The van der Waals surface area contributed by atoms with Crippen molar-refractivity contribution in [3.8, 4) is 0 Å². The van der Waals surface area contributed by atoms with Crippen LogP contribution in [0.5, 0.6) is 0 Å². The third kappa shape index (κ3) is 3.82. The Kier molecular flexibility index (Phi) is 5.36. The molecule has 0 aromatic heterocycles. The zero-order valence-corrected chi connectivity index (χ0v) is 12.2. The topological polar surface area (TPSA) is 29.5 Å². The third-order valence-electron chi connectivity index (χ3n) is 3.40. The molecule has 0 aliphatic heterocycles. The molecule has 2 nitrogen and oxygen atoms in total. The van der Waals surface area contributed by atoms with Crippen molar-refractivity contribution >= 4 is 0 Å². The van der Waals surface area contributed by atoms with Gasteiger partial charge in [-0.3, -0.25) is 0 Å². The van der Waals surface area contributed by atoms with Gasteiger partial charge in [-0.25, -0.2) is 0 Å². The fourth-order valence-electron chi connectivity index (χ4n) is 2.21. The van der Waals surface area contributed by atoms with E-state index in [0.717, 1.165) is 12.0 Å². The molecule has 0 fully saturated rings. The molecule has 18 heavy (non-hydrogen) atoms. The smallest absolute Gasteiger partial charge is 0.0819 e. The van der Waals surface area contributed by atoms with Crippen molar-refractivity contribution in [2.75, 3.05) is 13.7 Å². The zero-order valence-electron chi connectivity index (χ0n) is 12.2. The van der Waals surface area contributed by atoms with E-state index in [-0.39, 0.29) is 11.3 Å². The lowest BCUT2D eigenvalue weighted by molar-refractivity contribution is 0.0873. The van der Waals surface area contributed by atoms with Gasteiger partial charge < -0.3 is 9.84 Å². The SMILES string of the molecule is COCCC(C)C(O)c1ccccc1C(C)(C)C.